The summed E-state index contributed by atoms with van der Waals surface area (Å²) in [6.45, 7) is 4.09. The van der Waals surface area contributed by atoms with Gasteiger partial charge in [0.25, 0.3) is 0 Å². The second-order valence-corrected chi connectivity index (χ2v) is 5.58. The minimum Gasteiger partial charge on any atom is -0.272 e. The Morgan fingerprint density at radius 2 is 2.05 bits per heavy atom. The van der Waals surface area contributed by atoms with Crippen LogP contribution in [-0.2, 0) is 13.5 Å². The summed E-state index contributed by atoms with van der Waals surface area (Å²) in [7, 11) is 1.96. The molecule has 0 aliphatic carbocycles. The molecular weight excluding hydrogens is 304 g/mol. The first-order chi connectivity index (χ1) is 9.04. The molecule has 0 radical (unpaired) electrons. The predicted molar refractivity (Wildman–Crippen MR) is 80.6 cm³/mol. The van der Waals surface area contributed by atoms with E-state index < -0.39 is 0 Å². The molecule has 1 atom stereocenters. The fourth-order valence-electron chi connectivity index (χ4n) is 2.42. The lowest BCUT2D eigenvalue weighted by molar-refractivity contribution is 0.545. The molecule has 0 bridgehead atoms. The Hall–Kier alpha value is -1.17. The van der Waals surface area contributed by atoms with Crippen LogP contribution in [0.3, 0.4) is 0 Å². The molecule has 3 N–H and O–H groups in total. The van der Waals surface area contributed by atoms with Crippen LogP contribution in [-0.4, -0.2) is 9.78 Å². The van der Waals surface area contributed by atoms with Gasteiger partial charge < -0.3 is 0 Å². The van der Waals surface area contributed by atoms with Crippen LogP contribution < -0.4 is 11.3 Å². The van der Waals surface area contributed by atoms with E-state index in [0.717, 1.165) is 22.3 Å². The van der Waals surface area contributed by atoms with E-state index in [-0.39, 0.29) is 6.04 Å². The molecule has 19 heavy (non-hydrogen) atoms. The van der Waals surface area contributed by atoms with Crippen LogP contribution in [0.2, 0.25) is 0 Å². The standard InChI is InChI=1S/C14H19BrN4/c1-9-14(10(2)19(3)18-9)13(17-16)8-11-6-4-5-7-12(11)15/h4-7,13,17H,8,16H2,1-3H3. The summed E-state index contributed by atoms with van der Waals surface area (Å²) in [6, 6.07) is 8.27. The van der Waals surface area contributed by atoms with E-state index in [2.05, 4.69) is 39.4 Å². The zero-order chi connectivity index (χ0) is 14.0. The van der Waals surface area contributed by atoms with Gasteiger partial charge in [-0.3, -0.25) is 16.0 Å². The number of rotatable bonds is 4. The van der Waals surface area contributed by atoms with Gasteiger partial charge in [0.1, 0.15) is 0 Å². The summed E-state index contributed by atoms with van der Waals surface area (Å²) >= 11 is 3.58. The van der Waals surface area contributed by atoms with E-state index in [1.54, 1.807) is 0 Å². The molecule has 102 valence electrons. The maximum atomic E-state index is 5.75. The minimum atomic E-state index is 0.0624. The third kappa shape index (κ3) is 2.88. The van der Waals surface area contributed by atoms with E-state index in [1.807, 2.05) is 36.9 Å². The first-order valence-corrected chi connectivity index (χ1v) is 7.03. The number of halogens is 1. The summed E-state index contributed by atoms with van der Waals surface area (Å²) in [5, 5.41) is 4.45. The molecule has 2 rings (SSSR count). The summed E-state index contributed by atoms with van der Waals surface area (Å²) in [4.78, 5) is 0. The highest BCUT2D eigenvalue weighted by atomic mass is 79.9. The van der Waals surface area contributed by atoms with Gasteiger partial charge in [-0.15, -0.1) is 0 Å². The summed E-state index contributed by atoms with van der Waals surface area (Å²) < 4.78 is 3.00. The van der Waals surface area contributed by atoms with Gasteiger partial charge in [0.05, 0.1) is 11.7 Å². The van der Waals surface area contributed by atoms with Gasteiger partial charge in [-0.05, 0) is 31.9 Å². The second kappa shape index (κ2) is 5.86. The van der Waals surface area contributed by atoms with Gasteiger partial charge in [0, 0.05) is 22.8 Å². The van der Waals surface area contributed by atoms with Gasteiger partial charge in [0.15, 0.2) is 0 Å². The topological polar surface area (TPSA) is 55.9 Å². The maximum Gasteiger partial charge on any atom is 0.0644 e. The molecule has 0 spiro atoms. The van der Waals surface area contributed by atoms with Crippen molar-refractivity contribution in [1.82, 2.24) is 15.2 Å². The molecule has 1 unspecified atom stereocenters. The molecule has 0 aliphatic heterocycles. The van der Waals surface area contributed by atoms with Crippen molar-refractivity contribution < 1.29 is 0 Å². The molecule has 0 saturated heterocycles. The Bertz CT molecular complexity index is 577. The number of aromatic nitrogens is 2. The number of nitrogens with zero attached hydrogens (tertiary/aromatic N) is 2. The fraction of sp³-hybridized carbons (Fsp3) is 0.357. The summed E-state index contributed by atoms with van der Waals surface area (Å²) in [6.07, 6.45) is 0.825. The average Bonchev–Trinajstić information content (AvgIpc) is 2.63. The highest BCUT2D eigenvalue weighted by Crippen LogP contribution is 2.26. The quantitative estimate of drug-likeness (QED) is 0.672. The third-order valence-electron chi connectivity index (χ3n) is 3.50. The smallest absolute Gasteiger partial charge is 0.0644 e. The normalized spacial score (nSPS) is 12.7. The Morgan fingerprint density at radius 1 is 1.37 bits per heavy atom. The van der Waals surface area contributed by atoms with Crippen molar-refractivity contribution in [3.05, 3.63) is 51.3 Å². The van der Waals surface area contributed by atoms with E-state index in [4.69, 9.17) is 5.84 Å². The minimum absolute atomic E-state index is 0.0624. The monoisotopic (exact) mass is 322 g/mol. The average molecular weight is 323 g/mol. The third-order valence-corrected chi connectivity index (χ3v) is 4.27. The molecule has 1 aromatic heterocycles. The molecule has 4 nitrogen and oxygen atoms in total. The largest absolute Gasteiger partial charge is 0.272 e. The highest BCUT2D eigenvalue weighted by molar-refractivity contribution is 9.10. The lowest BCUT2D eigenvalue weighted by Gasteiger charge is -2.17. The number of hydrazine groups is 1. The van der Waals surface area contributed by atoms with Crippen LogP contribution in [0.15, 0.2) is 28.7 Å². The van der Waals surface area contributed by atoms with E-state index in [1.165, 1.54) is 11.1 Å². The molecule has 5 heteroatoms. The zero-order valence-electron chi connectivity index (χ0n) is 11.4. The lowest BCUT2D eigenvalue weighted by Crippen LogP contribution is -2.30. The van der Waals surface area contributed by atoms with Crippen molar-refractivity contribution in [3.8, 4) is 0 Å². The summed E-state index contributed by atoms with van der Waals surface area (Å²) in [5.74, 6) is 5.75. The Labute approximate surface area is 122 Å². The van der Waals surface area contributed by atoms with Gasteiger partial charge >= 0.3 is 0 Å². The predicted octanol–water partition coefficient (Wildman–Crippen LogP) is 2.55. The molecular formula is C14H19BrN4. The molecule has 1 aromatic carbocycles. The van der Waals surface area contributed by atoms with Crippen LogP contribution in [0.1, 0.15) is 28.6 Å². The molecule has 0 fully saturated rings. The van der Waals surface area contributed by atoms with Gasteiger partial charge in [-0.25, -0.2) is 0 Å². The second-order valence-electron chi connectivity index (χ2n) is 4.72. The lowest BCUT2D eigenvalue weighted by atomic mass is 9.98. The van der Waals surface area contributed by atoms with Gasteiger partial charge in [0.2, 0.25) is 0 Å². The molecule has 1 heterocycles. The molecule has 0 saturated carbocycles. The van der Waals surface area contributed by atoms with Crippen molar-refractivity contribution in [2.45, 2.75) is 26.3 Å². The maximum absolute atomic E-state index is 5.75. The van der Waals surface area contributed by atoms with Crippen molar-refractivity contribution in [2.75, 3.05) is 0 Å². The van der Waals surface area contributed by atoms with Crippen LogP contribution in [0.4, 0.5) is 0 Å². The fourth-order valence-corrected chi connectivity index (χ4v) is 2.87. The number of nitrogens with one attached hydrogen (secondary N) is 1. The van der Waals surface area contributed by atoms with Gasteiger partial charge in [-0.2, -0.15) is 5.10 Å². The van der Waals surface area contributed by atoms with Crippen LogP contribution >= 0.6 is 15.9 Å². The summed E-state index contributed by atoms with van der Waals surface area (Å²) in [5.41, 5.74) is 7.49. The number of aryl methyl sites for hydroxylation is 2. The van der Waals surface area contributed by atoms with Crippen LogP contribution in [0.5, 0.6) is 0 Å². The Balaban J connectivity index is 2.33. The van der Waals surface area contributed by atoms with Crippen LogP contribution in [0, 0.1) is 13.8 Å². The zero-order valence-corrected chi connectivity index (χ0v) is 13.0. The molecule has 0 aliphatic rings. The Kier molecular flexibility index (Phi) is 4.39. The van der Waals surface area contributed by atoms with Crippen molar-refractivity contribution in [3.63, 3.8) is 0 Å². The molecule has 2 aromatic rings. The number of hydrogen-bond donors (Lipinski definition) is 2. The number of hydrogen-bond acceptors (Lipinski definition) is 3. The highest BCUT2D eigenvalue weighted by Gasteiger charge is 2.20. The molecule has 0 amide bonds. The first kappa shape index (κ1) is 14.2. The van der Waals surface area contributed by atoms with Crippen molar-refractivity contribution >= 4 is 15.9 Å². The number of benzene rings is 1. The van der Waals surface area contributed by atoms with E-state index >= 15 is 0 Å². The van der Waals surface area contributed by atoms with Crippen LogP contribution in [0.25, 0.3) is 0 Å². The first-order valence-electron chi connectivity index (χ1n) is 6.24. The van der Waals surface area contributed by atoms with Crippen molar-refractivity contribution in [2.24, 2.45) is 12.9 Å². The van der Waals surface area contributed by atoms with E-state index in [9.17, 15) is 0 Å². The Morgan fingerprint density at radius 3 is 2.58 bits per heavy atom. The van der Waals surface area contributed by atoms with Gasteiger partial charge in [-0.1, -0.05) is 34.1 Å². The van der Waals surface area contributed by atoms with Crippen molar-refractivity contribution in [1.29, 1.82) is 0 Å². The number of nitrogens with two attached hydrogens (primary N) is 1. The van der Waals surface area contributed by atoms with E-state index in [0.29, 0.717) is 0 Å². The SMILES string of the molecule is Cc1nn(C)c(C)c1C(Cc1ccccc1Br)NN.